The molecule has 0 atom stereocenters. The summed E-state index contributed by atoms with van der Waals surface area (Å²) in [6.07, 6.45) is 9.19. The zero-order valence-electron chi connectivity index (χ0n) is 20.8. The van der Waals surface area contributed by atoms with E-state index in [1.54, 1.807) is 50.5 Å². The van der Waals surface area contributed by atoms with Gasteiger partial charge < -0.3 is 18.9 Å². The van der Waals surface area contributed by atoms with Crippen LogP contribution < -0.4 is 15.9 Å². The monoisotopic (exact) mass is 501 g/mol. The topological polar surface area (TPSA) is 86.8 Å². The van der Waals surface area contributed by atoms with Gasteiger partial charge in [-0.25, -0.2) is 0 Å². The third kappa shape index (κ3) is 4.15. The van der Waals surface area contributed by atoms with Gasteiger partial charge in [0, 0.05) is 60.3 Å². The van der Waals surface area contributed by atoms with Crippen LogP contribution >= 0.6 is 11.8 Å². The number of aromatic nitrogens is 5. The molecule has 0 aliphatic carbocycles. The number of nitrogens with zero attached hydrogens (tertiary/aromatic N) is 4. The first-order valence-corrected chi connectivity index (χ1v) is 12.9. The Kier molecular flexibility index (Phi) is 6.09. The number of aromatic amines is 1. The van der Waals surface area contributed by atoms with Crippen LogP contribution in [0.5, 0.6) is 11.5 Å². The molecule has 0 fully saturated rings. The fourth-order valence-corrected chi connectivity index (χ4v) is 4.78. The highest BCUT2D eigenvalue weighted by atomic mass is 32.2. The van der Waals surface area contributed by atoms with E-state index in [2.05, 4.69) is 10.1 Å². The molecule has 1 aromatic carbocycles. The Labute approximate surface area is 212 Å². The van der Waals surface area contributed by atoms with Crippen LogP contribution in [-0.2, 0) is 20.0 Å². The van der Waals surface area contributed by atoms with E-state index < -0.39 is 0 Å². The molecule has 1 N–H and O–H groups in total. The summed E-state index contributed by atoms with van der Waals surface area (Å²) in [5.41, 5.74) is 5.12. The molecule has 9 heteroatoms. The van der Waals surface area contributed by atoms with E-state index in [9.17, 15) is 9.59 Å². The van der Waals surface area contributed by atoms with Gasteiger partial charge in [0.1, 0.15) is 11.3 Å². The van der Waals surface area contributed by atoms with Gasteiger partial charge in [-0.2, -0.15) is 5.10 Å². The molecule has 4 aromatic heterocycles. The molecule has 4 heterocycles. The van der Waals surface area contributed by atoms with Crippen LogP contribution in [0, 0.1) is 13.8 Å². The Hall–Kier alpha value is -3.98. The number of pyridine rings is 2. The first-order chi connectivity index (χ1) is 17.3. The summed E-state index contributed by atoms with van der Waals surface area (Å²) < 4.78 is 11.3. The van der Waals surface area contributed by atoms with Gasteiger partial charge in [0.05, 0.1) is 18.3 Å². The number of ether oxygens (including phenoxy) is 1. The predicted octanol–water partition coefficient (Wildman–Crippen LogP) is 4.83. The maximum atomic E-state index is 13.1. The number of H-pyrrole nitrogens is 1. The second-order valence-corrected chi connectivity index (χ2v) is 9.78. The first kappa shape index (κ1) is 23.7. The molecule has 5 aromatic rings. The number of para-hydroxylation sites is 1. The van der Waals surface area contributed by atoms with Crippen molar-refractivity contribution in [1.29, 1.82) is 0 Å². The van der Waals surface area contributed by atoms with Crippen molar-refractivity contribution in [3.8, 4) is 33.9 Å². The molecule has 0 spiro atoms. The van der Waals surface area contributed by atoms with Gasteiger partial charge in [-0.3, -0.25) is 14.3 Å². The second kappa shape index (κ2) is 9.23. The second-order valence-electron chi connectivity index (χ2n) is 8.94. The van der Waals surface area contributed by atoms with Crippen molar-refractivity contribution in [2.75, 3.05) is 6.26 Å². The average Bonchev–Trinajstić information content (AvgIpc) is 3.49. The fourth-order valence-electron chi connectivity index (χ4n) is 4.38. The summed E-state index contributed by atoms with van der Waals surface area (Å²) in [4.78, 5) is 29.1. The number of fused-ring (bicyclic) bond motifs is 1. The highest BCUT2D eigenvalue weighted by Crippen LogP contribution is 2.38. The summed E-state index contributed by atoms with van der Waals surface area (Å²) in [5, 5.41) is 5.11. The normalized spacial score (nSPS) is 11.4. The molecule has 5 rings (SSSR count). The molecule has 0 aliphatic rings. The number of rotatable bonds is 6. The Morgan fingerprint density at radius 3 is 2.47 bits per heavy atom. The van der Waals surface area contributed by atoms with Crippen LogP contribution in [0.4, 0.5) is 0 Å². The van der Waals surface area contributed by atoms with Gasteiger partial charge in [0.25, 0.3) is 11.1 Å². The van der Waals surface area contributed by atoms with Crippen LogP contribution in [0.25, 0.3) is 33.3 Å². The molecule has 0 bridgehead atoms. The van der Waals surface area contributed by atoms with Crippen LogP contribution in [0.3, 0.4) is 0 Å². The zero-order valence-corrected chi connectivity index (χ0v) is 21.6. The average molecular weight is 502 g/mol. The molecule has 184 valence electrons. The van der Waals surface area contributed by atoms with Crippen LogP contribution in [-0.4, -0.2) is 30.2 Å². The van der Waals surface area contributed by atoms with Gasteiger partial charge in [0.2, 0.25) is 0 Å². The van der Waals surface area contributed by atoms with Crippen molar-refractivity contribution < 1.29 is 4.74 Å². The van der Waals surface area contributed by atoms with Crippen molar-refractivity contribution in [3.63, 3.8) is 0 Å². The van der Waals surface area contributed by atoms with E-state index in [0.29, 0.717) is 22.2 Å². The number of benzene rings is 1. The van der Waals surface area contributed by atoms with Gasteiger partial charge in [-0.1, -0.05) is 18.2 Å². The van der Waals surface area contributed by atoms with Gasteiger partial charge in [0.15, 0.2) is 5.75 Å². The molecular weight excluding hydrogens is 474 g/mol. The number of hydrogen-bond acceptors (Lipinski definition) is 5. The largest absolute Gasteiger partial charge is 0.455 e. The van der Waals surface area contributed by atoms with E-state index in [1.807, 2.05) is 55.2 Å². The van der Waals surface area contributed by atoms with Crippen molar-refractivity contribution >= 4 is 22.7 Å². The van der Waals surface area contributed by atoms with E-state index in [0.717, 1.165) is 39.6 Å². The molecule has 0 aliphatic heterocycles. The van der Waals surface area contributed by atoms with E-state index >= 15 is 0 Å². The fraction of sp³-hybridized carbons (Fsp3) is 0.222. The van der Waals surface area contributed by atoms with Crippen LogP contribution in [0.1, 0.15) is 11.1 Å². The van der Waals surface area contributed by atoms with Gasteiger partial charge >= 0.3 is 0 Å². The molecule has 0 saturated heterocycles. The molecule has 0 saturated carbocycles. The Morgan fingerprint density at radius 2 is 1.75 bits per heavy atom. The Bertz CT molecular complexity index is 1700. The lowest BCUT2D eigenvalue weighted by atomic mass is 10.0. The number of aryl methyl sites for hydroxylation is 4. The van der Waals surface area contributed by atoms with Crippen LogP contribution in [0.15, 0.2) is 64.7 Å². The number of hydrogen-bond donors (Lipinski definition) is 1. The third-order valence-corrected chi connectivity index (χ3v) is 6.80. The van der Waals surface area contributed by atoms with E-state index in [1.165, 1.54) is 9.13 Å². The number of nitrogens with one attached hydrogen (secondary N) is 1. The predicted molar refractivity (Wildman–Crippen MR) is 145 cm³/mol. The van der Waals surface area contributed by atoms with E-state index in [-0.39, 0.29) is 11.1 Å². The Morgan fingerprint density at radius 1 is 1.00 bits per heavy atom. The standard InChI is InChI=1S/C27H27N5O3S/c1-16-7-6-8-17(2)26(16)35-23-14-30(3)24(33)10-19(23)21-13-31(4)27(34)25-20(21)9-22(29-25)18-11-28-32(12-18)15-36-5/h6-14,29H,15H2,1-5H3. The highest BCUT2D eigenvalue weighted by Gasteiger charge is 2.19. The van der Waals surface area contributed by atoms with Gasteiger partial charge in [-0.15, -0.1) is 11.8 Å². The molecule has 8 nitrogen and oxygen atoms in total. The lowest BCUT2D eigenvalue weighted by Crippen LogP contribution is -2.18. The van der Waals surface area contributed by atoms with Crippen molar-refractivity contribution in [3.05, 3.63) is 87.0 Å². The minimum absolute atomic E-state index is 0.155. The van der Waals surface area contributed by atoms with Crippen molar-refractivity contribution in [2.24, 2.45) is 14.1 Å². The third-order valence-electron chi connectivity index (χ3n) is 6.27. The lowest BCUT2D eigenvalue weighted by molar-refractivity contribution is 0.470. The number of thioether (sulfide) groups is 1. The lowest BCUT2D eigenvalue weighted by Gasteiger charge is -2.17. The highest BCUT2D eigenvalue weighted by molar-refractivity contribution is 7.97. The molecule has 0 amide bonds. The van der Waals surface area contributed by atoms with Crippen LogP contribution in [0.2, 0.25) is 0 Å². The maximum Gasteiger partial charge on any atom is 0.274 e. The maximum absolute atomic E-state index is 13.1. The van der Waals surface area contributed by atoms with Crippen molar-refractivity contribution in [2.45, 2.75) is 19.7 Å². The summed E-state index contributed by atoms with van der Waals surface area (Å²) in [5.74, 6) is 2.01. The molecular formula is C27H27N5O3S. The SMILES string of the molecule is CSCn1cc(-c2cc3c(-c4cc(=O)n(C)cc4Oc4c(C)cccc4C)cn(C)c(=O)c3[nH]2)cn1. The molecule has 0 radical (unpaired) electrons. The molecule has 0 unspecified atom stereocenters. The minimum Gasteiger partial charge on any atom is -0.455 e. The summed E-state index contributed by atoms with van der Waals surface area (Å²) in [6, 6.07) is 9.46. The summed E-state index contributed by atoms with van der Waals surface area (Å²) >= 11 is 1.67. The van der Waals surface area contributed by atoms with E-state index in [4.69, 9.17) is 4.74 Å². The summed E-state index contributed by atoms with van der Waals surface area (Å²) in [7, 11) is 3.40. The summed E-state index contributed by atoms with van der Waals surface area (Å²) in [6.45, 7) is 3.98. The first-order valence-electron chi connectivity index (χ1n) is 11.5. The van der Waals surface area contributed by atoms with Gasteiger partial charge in [-0.05, 0) is 37.3 Å². The molecule has 36 heavy (non-hydrogen) atoms. The minimum atomic E-state index is -0.171. The zero-order chi connectivity index (χ0) is 25.6. The quantitative estimate of drug-likeness (QED) is 0.360. The van der Waals surface area contributed by atoms with Crippen molar-refractivity contribution in [1.82, 2.24) is 23.9 Å². The Balaban J connectivity index is 1.73. The smallest absolute Gasteiger partial charge is 0.274 e.